The maximum absolute atomic E-state index is 9.09. The van der Waals surface area contributed by atoms with Crippen LogP contribution in [0.15, 0.2) is 29.3 Å². The highest BCUT2D eigenvalue weighted by molar-refractivity contribution is 5.86. The van der Waals surface area contributed by atoms with E-state index in [2.05, 4.69) is 11.0 Å². The Balaban J connectivity index is 1.89. The molecule has 2 heterocycles. The van der Waals surface area contributed by atoms with Crippen molar-refractivity contribution in [3.05, 3.63) is 29.8 Å². The zero-order chi connectivity index (χ0) is 12.4. The van der Waals surface area contributed by atoms with Crippen LogP contribution in [0.1, 0.15) is 31.2 Å². The van der Waals surface area contributed by atoms with E-state index in [1.807, 2.05) is 24.3 Å². The van der Waals surface area contributed by atoms with Crippen LogP contribution in [0, 0.1) is 17.2 Å². The largest absolute Gasteiger partial charge is 0.360 e. The summed E-state index contributed by atoms with van der Waals surface area (Å²) in [5.41, 5.74) is 1.49. The van der Waals surface area contributed by atoms with Gasteiger partial charge in [-0.05, 0) is 37.3 Å². The molecule has 3 nitrogen and oxygen atoms in total. The van der Waals surface area contributed by atoms with Gasteiger partial charge in [-0.1, -0.05) is 12.1 Å². The summed E-state index contributed by atoms with van der Waals surface area (Å²) in [6.45, 7) is 2.29. The third-order valence-corrected chi connectivity index (χ3v) is 3.93. The number of hydrogen-bond donors (Lipinski definition) is 0. The van der Waals surface area contributed by atoms with Gasteiger partial charge in [-0.2, -0.15) is 5.26 Å². The van der Waals surface area contributed by atoms with Crippen molar-refractivity contribution in [1.82, 2.24) is 4.90 Å². The van der Waals surface area contributed by atoms with E-state index in [1.165, 1.54) is 25.1 Å². The van der Waals surface area contributed by atoms with E-state index >= 15 is 0 Å². The molecule has 2 saturated heterocycles. The van der Waals surface area contributed by atoms with Gasteiger partial charge in [0.05, 0.1) is 11.3 Å². The number of hydrogen-bond acceptors (Lipinski definition) is 2. The Morgan fingerprint density at radius 2 is 2.17 bits per heavy atom. The molecule has 0 amide bonds. The molecule has 0 radical (unpaired) electrons. The van der Waals surface area contributed by atoms with Crippen LogP contribution in [-0.2, 0) is 0 Å². The number of aliphatic imine (C=N–C) groups is 1. The van der Waals surface area contributed by atoms with Crippen molar-refractivity contribution in [2.75, 3.05) is 13.1 Å². The minimum atomic E-state index is 0.670. The number of nitriles is 1. The quantitative estimate of drug-likeness (QED) is 0.755. The highest BCUT2D eigenvalue weighted by Gasteiger charge is 2.27. The fraction of sp³-hybridized carbons (Fsp3) is 0.467. The fourth-order valence-corrected chi connectivity index (χ4v) is 2.96. The van der Waals surface area contributed by atoms with Gasteiger partial charge in [0.15, 0.2) is 0 Å². The van der Waals surface area contributed by atoms with Crippen molar-refractivity contribution in [3.8, 4) is 6.07 Å². The van der Waals surface area contributed by atoms with Gasteiger partial charge >= 0.3 is 0 Å². The summed E-state index contributed by atoms with van der Waals surface area (Å²) in [5, 5.41) is 9.09. The van der Waals surface area contributed by atoms with Crippen LogP contribution >= 0.6 is 0 Å². The third kappa shape index (κ3) is 2.11. The van der Waals surface area contributed by atoms with Gasteiger partial charge in [-0.3, -0.25) is 0 Å². The van der Waals surface area contributed by atoms with Gasteiger partial charge in [0, 0.05) is 19.5 Å². The lowest BCUT2D eigenvalue weighted by molar-refractivity contribution is 0.220. The molecule has 0 saturated carbocycles. The molecule has 1 aromatic rings. The van der Waals surface area contributed by atoms with Crippen LogP contribution in [-0.4, -0.2) is 23.8 Å². The molecular formula is C15H17N3. The molecule has 3 rings (SSSR count). The highest BCUT2D eigenvalue weighted by atomic mass is 15.2. The first kappa shape index (κ1) is 11.3. The number of rotatable bonds is 1. The summed E-state index contributed by atoms with van der Waals surface area (Å²) < 4.78 is 0. The van der Waals surface area contributed by atoms with E-state index in [9.17, 15) is 0 Å². The Morgan fingerprint density at radius 1 is 1.28 bits per heavy atom. The number of amidine groups is 1. The fourth-order valence-electron chi connectivity index (χ4n) is 2.96. The molecule has 3 heteroatoms. The SMILES string of the molecule is N#Cc1ccccc1N=C1CC[C@@H]2CCCN1C2. The maximum Gasteiger partial charge on any atom is 0.105 e. The summed E-state index contributed by atoms with van der Waals surface area (Å²) in [6, 6.07) is 9.82. The molecule has 0 N–H and O–H groups in total. The second-order valence-electron chi connectivity index (χ2n) is 5.15. The van der Waals surface area contributed by atoms with Crippen LogP contribution in [0.3, 0.4) is 0 Å². The van der Waals surface area contributed by atoms with Gasteiger partial charge in [-0.15, -0.1) is 0 Å². The van der Waals surface area contributed by atoms with Crippen molar-refractivity contribution in [2.24, 2.45) is 10.9 Å². The topological polar surface area (TPSA) is 39.4 Å². The minimum absolute atomic E-state index is 0.670. The second kappa shape index (κ2) is 4.81. The average Bonchev–Trinajstić information content (AvgIpc) is 2.43. The molecule has 1 aromatic carbocycles. The Kier molecular flexibility index (Phi) is 3.02. The molecule has 0 spiro atoms. The Morgan fingerprint density at radius 3 is 3.06 bits per heavy atom. The zero-order valence-corrected chi connectivity index (χ0v) is 10.5. The summed E-state index contributed by atoms with van der Waals surface area (Å²) in [5.74, 6) is 2.04. The monoisotopic (exact) mass is 239 g/mol. The van der Waals surface area contributed by atoms with Gasteiger partial charge in [-0.25, -0.2) is 4.99 Å². The van der Waals surface area contributed by atoms with Crippen LogP contribution in [0.25, 0.3) is 0 Å². The molecule has 2 aliphatic heterocycles. The molecule has 0 aromatic heterocycles. The number of nitrogens with zero attached hydrogens (tertiary/aromatic N) is 3. The number of para-hydroxylation sites is 1. The molecular weight excluding hydrogens is 222 g/mol. The lowest BCUT2D eigenvalue weighted by Crippen LogP contribution is -2.44. The average molecular weight is 239 g/mol. The van der Waals surface area contributed by atoms with Crippen molar-refractivity contribution in [2.45, 2.75) is 25.7 Å². The van der Waals surface area contributed by atoms with E-state index < -0.39 is 0 Å². The van der Waals surface area contributed by atoms with Crippen LogP contribution in [0.2, 0.25) is 0 Å². The van der Waals surface area contributed by atoms with Gasteiger partial charge in [0.1, 0.15) is 11.9 Å². The lowest BCUT2D eigenvalue weighted by Gasteiger charge is -2.39. The first-order valence-electron chi connectivity index (χ1n) is 6.68. The Labute approximate surface area is 108 Å². The van der Waals surface area contributed by atoms with Crippen LogP contribution in [0.4, 0.5) is 5.69 Å². The molecule has 0 unspecified atom stereocenters. The van der Waals surface area contributed by atoms with Gasteiger partial charge in [0.25, 0.3) is 0 Å². The van der Waals surface area contributed by atoms with E-state index in [1.54, 1.807) is 0 Å². The highest BCUT2D eigenvalue weighted by Crippen LogP contribution is 2.29. The van der Waals surface area contributed by atoms with E-state index in [0.29, 0.717) is 5.56 Å². The molecule has 92 valence electrons. The van der Waals surface area contributed by atoms with Crippen LogP contribution in [0.5, 0.6) is 0 Å². The minimum Gasteiger partial charge on any atom is -0.360 e. The Hall–Kier alpha value is -1.82. The molecule has 1 atom stereocenters. The molecule has 2 bridgehead atoms. The van der Waals surface area contributed by atoms with Crippen molar-refractivity contribution >= 4 is 11.5 Å². The lowest BCUT2D eigenvalue weighted by atomic mass is 9.89. The molecule has 2 aliphatic rings. The summed E-state index contributed by atoms with van der Waals surface area (Å²) in [6.07, 6.45) is 4.97. The summed E-state index contributed by atoms with van der Waals surface area (Å²) >= 11 is 0. The molecule has 0 aliphatic carbocycles. The predicted molar refractivity (Wildman–Crippen MR) is 71.8 cm³/mol. The van der Waals surface area contributed by atoms with Crippen molar-refractivity contribution in [1.29, 1.82) is 5.26 Å². The van der Waals surface area contributed by atoms with Crippen LogP contribution < -0.4 is 0 Å². The third-order valence-electron chi connectivity index (χ3n) is 3.93. The Bertz CT molecular complexity index is 513. The maximum atomic E-state index is 9.09. The molecule has 2 fully saturated rings. The standard InChI is InChI=1S/C15H17N3/c16-10-13-5-1-2-6-14(13)17-15-8-7-12-4-3-9-18(15)11-12/h1-2,5-6,12H,3-4,7-9,11H2/t12-/m0/s1. The first-order chi connectivity index (χ1) is 8.86. The van der Waals surface area contributed by atoms with Crippen molar-refractivity contribution < 1.29 is 0 Å². The second-order valence-corrected chi connectivity index (χ2v) is 5.15. The smallest absolute Gasteiger partial charge is 0.105 e. The summed E-state index contributed by atoms with van der Waals surface area (Å²) in [7, 11) is 0. The normalized spacial score (nSPS) is 24.9. The van der Waals surface area contributed by atoms with E-state index in [4.69, 9.17) is 10.3 Å². The van der Waals surface area contributed by atoms with Gasteiger partial charge < -0.3 is 4.90 Å². The van der Waals surface area contributed by atoms with E-state index in [-0.39, 0.29) is 0 Å². The predicted octanol–water partition coefficient (Wildman–Crippen LogP) is 3.09. The molecule has 18 heavy (non-hydrogen) atoms. The van der Waals surface area contributed by atoms with Crippen molar-refractivity contribution in [3.63, 3.8) is 0 Å². The number of fused-ring (bicyclic) bond motifs is 2. The van der Waals surface area contributed by atoms with Gasteiger partial charge in [0.2, 0.25) is 0 Å². The number of piperidine rings is 2. The first-order valence-corrected chi connectivity index (χ1v) is 6.68. The van der Waals surface area contributed by atoms with E-state index in [0.717, 1.165) is 31.1 Å². The number of benzene rings is 1. The zero-order valence-electron chi connectivity index (χ0n) is 10.5. The summed E-state index contributed by atoms with van der Waals surface area (Å²) in [4.78, 5) is 7.14.